The Labute approximate surface area is 133 Å². The molecule has 1 aromatic rings. The van der Waals surface area contributed by atoms with Gasteiger partial charge in [-0.3, -0.25) is 0 Å². The van der Waals surface area contributed by atoms with E-state index in [9.17, 15) is 4.79 Å². The fourth-order valence-corrected chi connectivity index (χ4v) is 2.43. The van der Waals surface area contributed by atoms with Crippen LogP contribution in [0.2, 0.25) is 0 Å². The van der Waals surface area contributed by atoms with Crippen LogP contribution < -0.4 is 15.8 Å². The lowest BCUT2D eigenvalue weighted by Gasteiger charge is -2.23. The van der Waals surface area contributed by atoms with Crippen molar-refractivity contribution in [1.82, 2.24) is 5.32 Å². The van der Waals surface area contributed by atoms with Crippen LogP contribution in [0.15, 0.2) is 12.1 Å². The molecule has 0 spiro atoms. The molecule has 1 atom stereocenters. The van der Waals surface area contributed by atoms with Crippen molar-refractivity contribution in [2.75, 3.05) is 13.7 Å². The van der Waals surface area contributed by atoms with Gasteiger partial charge in [-0.15, -0.1) is 0 Å². The molecule has 0 aliphatic heterocycles. The Morgan fingerprint density at radius 2 is 1.82 bits per heavy atom. The van der Waals surface area contributed by atoms with Crippen LogP contribution in [0.25, 0.3) is 0 Å². The fraction of sp³-hybridized carbons (Fsp3) is 0.588. The van der Waals surface area contributed by atoms with E-state index in [1.165, 1.54) is 0 Å². The minimum Gasteiger partial charge on any atom is -0.496 e. The third kappa shape index (κ3) is 5.56. The van der Waals surface area contributed by atoms with Crippen LogP contribution in [0.5, 0.6) is 5.75 Å². The van der Waals surface area contributed by atoms with Crippen molar-refractivity contribution in [3.8, 4) is 5.75 Å². The van der Waals surface area contributed by atoms with Crippen molar-refractivity contribution in [2.24, 2.45) is 5.73 Å². The molecule has 0 aromatic heterocycles. The van der Waals surface area contributed by atoms with Gasteiger partial charge in [0.15, 0.2) is 0 Å². The molecule has 1 aromatic carbocycles. The number of hydrogen-bond acceptors (Lipinski definition) is 4. The molecule has 0 fully saturated rings. The highest BCUT2D eigenvalue weighted by molar-refractivity contribution is 5.68. The molecule has 0 aliphatic carbocycles. The van der Waals surface area contributed by atoms with E-state index in [1.54, 1.807) is 7.11 Å². The smallest absolute Gasteiger partial charge is 0.407 e. The molecule has 0 saturated carbocycles. The molecule has 124 valence electrons. The summed E-state index contributed by atoms with van der Waals surface area (Å²) in [6, 6.07) is 3.96. The SMILES string of the molecule is COc1c(C)cc(CC(CN)NC(=O)OC(C)(C)C)cc1C. The van der Waals surface area contributed by atoms with Crippen molar-refractivity contribution >= 4 is 6.09 Å². The third-order valence-corrected chi connectivity index (χ3v) is 3.21. The second-order valence-electron chi connectivity index (χ2n) is 6.55. The number of aryl methyl sites for hydroxylation is 2. The van der Waals surface area contributed by atoms with Crippen LogP contribution in [0, 0.1) is 13.8 Å². The van der Waals surface area contributed by atoms with E-state index in [0.717, 1.165) is 22.4 Å². The van der Waals surface area contributed by atoms with E-state index in [0.29, 0.717) is 13.0 Å². The molecule has 0 heterocycles. The average Bonchev–Trinajstić information content (AvgIpc) is 2.35. The van der Waals surface area contributed by atoms with Crippen molar-refractivity contribution in [2.45, 2.75) is 52.7 Å². The molecule has 0 saturated heterocycles. The Hall–Kier alpha value is -1.75. The lowest BCUT2D eigenvalue weighted by Crippen LogP contribution is -2.44. The van der Waals surface area contributed by atoms with Crippen molar-refractivity contribution in [3.63, 3.8) is 0 Å². The molecule has 5 heteroatoms. The van der Waals surface area contributed by atoms with Crippen LogP contribution in [-0.4, -0.2) is 31.4 Å². The van der Waals surface area contributed by atoms with Crippen LogP contribution in [0.3, 0.4) is 0 Å². The summed E-state index contributed by atoms with van der Waals surface area (Å²) in [5.74, 6) is 0.896. The van der Waals surface area contributed by atoms with Crippen molar-refractivity contribution < 1.29 is 14.3 Å². The number of nitrogens with one attached hydrogen (secondary N) is 1. The topological polar surface area (TPSA) is 73.6 Å². The van der Waals surface area contributed by atoms with Gasteiger partial charge in [-0.05, 0) is 57.7 Å². The average molecular weight is 308 g/mol. The zero-order valence-corrected chi connectivity index (χ0v) is 14.4. The monoisotopic (exact) mass is 308 g/mol. The van der Waals surface area contributed by atoms with E-state index >= 15 is 0 Å². The molecule has 1 rings (SSSR count). The molecule has 1 unspecified atom stereocenters. The number of ether oxygens (including phenoxy) is 2. The second kappa shape index (κ2) is 7.49. The maximum Gasteiger partial charge on any atom is 0.407 e. The fourth-order valence-electron chi connectivity index (χ4n) is 2.43. The van der Waals surface area contributed by atoms with E-state index in [-0.39, 0.29) is 6.04 Å². The highest BCUT2D eigenvalue weighted by atomic mass is 16.6. The highest BCUT2D eigenvalue weighted by Gasteiger charge is 2.19. The Kier molecular flexibility index (Phi) is 6.23. The maximum absolute atomic E-state index is 11.8. The number of hydrogen-bond donors (Lipinski definition) is 2. The summed E-state index contributed by atoms with van der Waals surface area (Å²) < 4.78 is 10.6. The summed E-state index contributed by atoms with van der Waals surface area (Å²) in [5, 5.41) is 2.82. The predicted octanol–water partition coefficient (Wildman–Crippen LogP) is 2.71. The minimum atomic E-state index is -0.517. The molecule has 0 aliphatic rings. The largest absolute Gasteiger partial charge is 0.496 e. The van der Waals surface area contributed by atoms with Crippen LogP contribution >= 0.6 is 0 Å². The van der Waals surface area contributed by atoms with Crippen LogP contribution in [-0.2, 0) is 11.2 Å². The standard InChI is InChI=1S/C17H28N2O3/c1-11-7-13(8-12(2)15(11)21-6)9-14(10-18)19-16(20)22-17(3,4)5/h7-8,14H,9-10,18H2,1-6H3,(H,19,20). The van der Waals surface area contributed by atoms with Crippen molar-refractivity contribution in [3.05, 3.63) is 28.8 Å². The van der Waals surface area contributed by atoms with E-state index in [2.05, 4.69) is 17.4 Å². The summed E-state index contributed by atoms with van der Waals surface area (Å²) in [7, 11) is 1.67. The minimum absolute atomic E-state index is 0.165. The first-order valence-electron chi connectivity index (χ1n) is 7.50. The van der Waals surface area contributed by atoms with E-state index in [4.69, 9.17) is 15.2 Å². The Morgan fingerprint density at radius 1 is 1.27 bits per heavy atom. The Morgan fingerprint density at radius 3 is 2.23 bits per heavy atom. The Balaban J connectivity index is 2.76. The molecule has 3 N–H and O–H groups in total. The first-order chi connectivity index (χ1) is 10.2. The van der Waals surface area contributed by atoms with Gasteiger partial charge >= 0.3 is 6.09 Å². The van der Waals surface area contributed by atoms with Gasteiger partial charge in [0, 0.05) is 12.6 Å². The third-order valence-electron chi connectivity index (χ3n) is 3.21. The highest BCUT2D eigenvalue weighted by Crippen LogP contribution is 2.24. The number of nitrogens with two attached hydrogens (primary N) is 1. The zero-order valence-electron chi connectivity index (χ0n) is 14.4. The quantitative estimate of drug-likeness (QED) is 0.877. The van der Waals surface area contributed by atoms with Gasteiger partial charge < -0.3 is 20.5 Å². The number of alkyl carbamates (subject to hydrolysis) is 1. The summed E-state index contributed by atoms with van der Waals surface area (Å²) in [4.78, 5) is 11.8. The Bertz CT molecular complexity index is 498. The molecule has 0 bridgehead atoms. The van der Waals surface area contributed by atoms with Gasteiger partial charge in [0.1, 0.15) is 11.4 Å². The first kappa shape index (κ1) is 18.3. The number of amides is 1. The molecular formula is C17H28N2O3. The van der Waals surface area contributed by atoms with Gasteiger partial charge in [0.05, 0.1) is 7.11 Å². The number of carbonyl (C=O) groups excluding carboxylic acids is 1. The maximum atomic E-state index is 11.8. The predicted molar refractivity (Wildman–Crippen MR) is 88.4 cm³/mol. The van der Waals surface area contributed by atoms with Crippen LogP contribution in [0.4, 0.5) is 4.79 Å². The molecule has 5 nitrogen and oxygen atoms in total. The molecule has 1 amide bonds. The summed E-state index contributed by atoms with van der Waals surface area (Å²) in [6.07, 6.45) is 0.214. The van der Waals surface area contributed by atoms with Gasteiger partial charge in [0.2, 0.25) is 0 Å². The van der Waals surface area contributed by atoms with Crippen molar-refractivity contribution in [1.29, 1.82) is 0 Å². The summed E-state index contributed by atoms with van der Waals surface area (Å²) in [6.45, 7) is 9.87. The normalized spacial score (nSPS) is 12.7. The number of rotatable bonds is 5. The lowest BCUT2D eigenvalue weighted by molar-refractivity contribution is 0.0506. The lowest BCUT2D eigenvalue weighted by atomic mass is 10.00. The summed E-state index contributed by atoms with van der Waals surface area (Å²) >= 11 is 0. The number of carbonyl (C=O) groups is 1. The molecule has 22 heavy (non-hydrogen) atoms. The number of methoxy groups -OCH3 is 1. The molecular weight excluding hydrogens is 280 g/mol. The van der Waals surface area contributed by atoms with E-state index < -0.39 is 11.7 Å². The summed E-state index contributed by atoms with van der Waals surface area (Å²) in [5.41, 5.74) is 8.51. The van der Waals surface area contributed by atoms with Crippen LogP contribution in [0.1, 0.15) is 37.5 Å². The second-order valence-corrected chi connectivity index (χ2v) is 6.55. The number of benzene rings is 1. The van der Waals surface area contributed by atoms with E-state index in [1.807, 2.05) is 34.6 Å². The molecule has 0 radical (unpaired) electrons. The zero-order chi connectivity index (χ0) is 16.9. The first-order valence-corrected chi connectivity index (χ1v) is 7.50. The van der Waals surface area contributed by atoms with Gasteiger partial charge in [-0.2, -0.15) is 0 Å². The van der Waals surface area contributed by atoms with Gasteiger partial charge in [-0.25, -0.2) is 4.79 Å². The van der Waals surface area contributed by atoms with Gasteiger partial charge in [-0.1, -0.05) is 12.1 Å². The van der Waals surface area contributed by atoms with Gasteiger partial charge in [0.25, 0.3) is 0 Å².